The average Bonchev–Trinajstić information content (AvgIpc) is 3.23. The van der Waals surface area contributed by atoms with Crippen molar-refractivity contribution >= 4 is 45.2 Å². The Hall–Kier alpha value is -3.17. The van der Waals surface area contributed by atoms with Crippen LogP contribution in [-0.2, 0) is 11.0 Å². The van der Waals surface area contributed by atoms with Crippen LogP contribution in [0.1, 0.15) is 23.3 Å². The molecule has 6 nitrogen and oxygen atoms in total. The van der Waals surface area contributed by atoms with Crippen LogP contribution in [0.2, 0.25) is 0 Å². The standard InChI is InChI=1S/C29H32F3N4O2PS/c1-36-15-11-20(12-16-36)35-25-7-4-6-22-23(19-29(30,31)32)27(40-28(22)25)8-5-14-34-24-10-9-21(39(2,3)37)18-26(24)38-17-13-33/h4,6-7,9-10,18,20,34-35H,11-12,14-17,19H2,1-3H3. The van der Waals surface area contributed by atoms with Gasteiger partial charge < -0.3 is 24.8 Å². The zero-order valence-electron chi connectivity index (χ0n) is 22.7. The smallest absolute Gasteiger partial charge is 0.393 e. The number of benzene rings is 2. The van der Waals surface area contributed by atoms with Gasteiger partial charge in [0.2, 0.25) is 0 Å². The Kier molecular flexibility index (Phi) is 9.36. The van der Waals surface area contributed by atoms with Gasteiger partial charge >= 0.3 is 6.18 Å². The Morgan fingerprint density at radius 1 is 1.18 bits per heavy atom. The third-order valence-corrected chi connectivity index (χ3v) is 9.44. The summed E-state index contributed by atoms with van der Waals surface area (Å²) in [7, 11) is -0.455. The minimum Gasteiger partial charge on any atom is -0.477 e. The predicted molar refractivity (Wildman–Crippen MR) is 158 cm³/mol. The van der Waals surface area contributed by atoms with Gasteiger partial charge in [-0.15, -0.1) is 11.3 Å². The molecular formula is C29H32F3N4O2PS. The monoisotopic (exact) mass is 588 g/mol. The maximum Gasteiger partial charge on any atom is 0.393 e. The number of hydrogen-bond donors (Lipinski definition) is 2. The minimum atomic E-state index is -4.37. The van der Waals surface area contributed by atoms with Gasteiger partial charge in [0.1, 0.15) is 19.0 Å². The SMILES string of the molecule is CN1CCC(Nc2cccc3c(CC(F)(F)F)c(C#CCNc4ccc(P(C)(C)=O)cc4OCC#N)sc23)CC1. The van der Waals surface area contributed by atoms with E-state index < -0.39 is 19.7 Å². The topological polar surface area (TPSA) is 77.4 Å². The van der Waals surface area contributed by atoms with Gasteiger partial charge in [0.25, 0.3) is 0 Å². The molecule has 1 aliphatic heterocycles. The van der Waals surface area contributed by atoms with E-state index in [0.717, 1.165) is 36.3 Å². The maximum atomic E-state index is 13.6. The fraction of sp³-hybridized carbons (Fsp3) is 0.414. The highest BCUT2D eigenvalue weighted by molar-refractivity contribution is 7.70. The number of piperidine rings is 1. The summed E-state index contributed by atoms with van der Waals surface area (Å²) < 4.78 is 59.5. The first-order chi connectivity index (χ1) is 18.9. The molecule has 0 saturated carbocycles. The Bertz CT molecular complexity index is 1510. The molecule has 40 heavy (non-hydrogen) atoms. The second-order valence-corrected chi connectivity index (χ2v) is 14.5. The third-order valence-electron chi connectivity index (χ3n) is 6.72. The van der Waals surface area contributed by atoms with Crippen LogP contribution in [0.3, 0.4) is 0 Å². The molecule has 3 aromatic rings. The predicted octanol–water partition coefficient (Wildman–Crippen LogP) is 6.13. The van der Waals surface area contributed by atoms with Crippen LogP contribution in [0.4, 0.5) is 24.5 Å². The summed E-state index contributed by atoms with van der Waals surface area (Å²) in [5, 5.41) is 16.8. The number of anilines is 2. The number of halogens is 3. The Labute approximate surface area is 236 Å². The molecule has 0 unspecified atom stereocenters. The van der Waals surface area contributed by atoms with Crippen molar-refractivity contribution in [3.05, 3.63) is 46.8 Å². The van der Waals surface area contributed by atoms with Crippen LogP contribution in [-0.4, -0.2) is 63.7 Å². The summed E-state index contributed by atoms with van der Waals surface area (Å²) >= 11 is 1.28. The van der Waals surface area contributed by atoms with Gasteiger partial charge in [-0.05, 0) is 81.5 Å². The lowest BCUT2D eigenvalue weighted by molar-refractivity contribution is -0.126. The summed E-state index contributed by atoms with van der Waals surface area (Å²) in [6, 6.07) is 12.7. The number of thiophene rings is 1. The first kappa shape index (κ1) is 29.8. The molecule has 11 heteroatoms. The molecule has 1 fully saturated rings. The van der Waals surface area contributed by atoms with E-state index in [0.29, 0.717) is 27.0 Å². The molecule has 212 valence electrons. The lowest BCUT2D eigenvalue weighted by Gasteiger charge is -2.30. The van der Waals surface area contributed by atoms with Crippen LogP contribution in [0.25, 0.3) is 10.1 Å². The van der Waals surface area contributed by atoms with Gasteiger partial charge in [-0.1, -0.05) is 24.0 Å². The van der Waals surface area contributed by atoms with Gasteiger partial charge in [-0.2, -0.15) is 18.4 Å². The normalized spacial score (nSPS) is 14.8. The molecule has 1 aromatic heterocycles. The minimum absolute atomic E-state index is 0.137. The van der Waals surface area contributed by atoms with E-state index in [2.05, 4.69) is 34.4 Å². The van der Waals surface area contributed by atoms with Gasteiger partial charge in [0, 0.05) is 11.3 Å². The van der Waals surface area contributed by atoms with E-state index in [1.165, 1.54) is 11.3 Å². The molecule has 2 heterocycles. The number of ether oxygens (including phenoxy) is 1. The van der Waals surface area contributed by atoms with E-state index >= 15 is 0 Å². The molecular weight excluding hydrogens is 556 g/mol. The Balaban J connectivity index is 1.59. The Morgan fingerprint density at radius 3 is 2.60 bits per heavy atom. The fourth-order valence-electron chi connectivity index (χ4n) is 4.62. The molecule has 0 aliphatic carbocycles. The van der Waals surface area contributed by atoms with Gasteiger partial charge in [-0.25, -0.2) is 0 Å². The van der Waals surface area contributed by atoms with E-state index in [9.17, 15) is 17.7 Å². The van der Waals surface area contributed by atoms with Gasteiger partial charge in [0.05, 0.1) is 33.9 Å². The van der Waals surface area contributed by atoms with E-state index in [4.69, 9.17) is 10.00 Å². The van der Waals surface area contributed by atoms with Crippen molar-refractivity contribution in [2.75, 3.05) is 57.3 Å². The molecule has 0 spiro atoms. The zero-order valence-corrected chi connectivity index (χ0v) is 24.4. The molecule has 0 atom stereocenters. The van der Waals surface area contributed by atoms with Crippen LogP contribution in [0, 0.1) is 23.2 Å². The number of nitrogens with one attached hydrogen (secondary N) is 2. The van der Waals surface area contributed by atoms with Crippen LogP contribution in [0.15, 0.2) is 36.4 Å². The molecule has 0 amide bonds. The van der Waals surface area contributed by atoms with Crippen molar-refractivity contribution in [1.82, 2.24) is 4.90 Å². The number of alkyl halides is 3. The van der Waals surface area contributed by atoms with E-state index in [1.807, 2.05) is 12.1 Å². The average molecular weight is 589 g/mol. The quantitative estimate of drug-likeness (QED) is 0.244. The van der Waals surface area contributed by atoms with Gasteiger partial charge in [-0.3, -0.25) is 0 Å². The molecule has 0 bridgehead atoms. The lowest BCUT2D eigenvalue weighted by atomic mass is 10.0. The van der Waals surface area contributed by atoms with Crippen molar-refractivity contribution in [3.8, 4) is 23.7 Å². The number of rotatable bonds is 8. The highest BCUT2D eigenvalue weighted by Gasteiger charge is 2.31. The summed E-state index contributed by atoms with van der Waals surface area (Å²) in [6.07, 6.45) is -3.47. The van der Waals surface area contributed by atoms with Crippen molar-refractivity contribution in [2.24, 2.45) is 0 Å². The third kappa shape index (κ3) is 7.73. The number of hydrogen-bond acceptors (Lipinski definition) is 7. The second-order valence-electron chi connectivity index (χ2n) is 10.2. The van der Waals surface area contributed by atoms with Crippen molar-refractivity contribution in [1.29, 1.82) is 5.26 Å². The summed E-state index contributed by atoms with van der Waals surface area (Å²) in [4.78, 5) is 2.66. The first-order valence-electron chi connectivity index (χ1n) is 12.9. The summed E-state index contributed by atoms with van der Waals surface area (Å²) in [5.41, 5.74) is 1.59. The summed E-state index contributed by atoms with van der Waals surface area (Å²) in [5.74, 6) is 6.29. The molecule has 0 radical (unpaired) electrons. The highest BCUT2D eigenvalue weighted by atomic mass is 32.1. The largest absolute Gasteiger partial charge is 0.477 e. The second kappa shape index (κ2) is 12.6. The van der Waals surface area contributed by atoms with Crippen molar-refractivity contribution in [3.63, 3.8) is 0 Å². The number of likely N-dealkylation sites (tertiary alicyclic amines) is 1. The molecule has 2 N–H and O–H groups in total. The summed E-state index contributed by atoms with van der Waals surface area (Å²) in [6.45, 7) is 5.20. The van der Waals surface area contributed by atoms with Crippen LogP contribution >= 0.6 is 18.5 Å². The van der Waals surface area contributed by atoms with E-state index in [-0.39, 0.29) is 24.8 Å². The Morgan fingerprint density at radius 2 is 1.93 bits per heavy atom. The first-order valence-corrected chi connectivity index (χ1v) is 16.3. The lowest BCUT2D eigenvalue weighted by Crippen LogP contribution is -2.36. The van der Waals surface area contributed by atoms with Crippen molar-refractivity contribution < 1.29 is 22.5 Å². The van der Waals surface area contributed by atoms with Crippen LogP contribution < -0.4 is 20.7 Å². The molecule has 2 aromatic carbocycles. The molecule has 1 aliphatic rings. The van der Waals surface area contributed by atoms with Crippen molar-refractivity contribution in [2.45, 2.75) is 31.5 Å². The molecule has 4 rings (SSSR count). The van der Waals surface area contributed by atoms with Gasteiger partial charge in [0.15, 0.2) is 6.61 Å². The van der Waals surface area contributed by atoms with Crippen LogP contribution in [0.5, 0.6) is 5.75 Å². The maximum absolute atomic E-state index is 13.6. The van der Waals surface area contributed by atoms with E-state index in [1.54, 1.807) is 43.7 Å². The highest BCUT2D eigenvalue weighted by Crippen LogP contribution is 2.40. The molecule has 1 saturated heterocycles. The number of nitrogens with zero attached hydrogens (tertiary/aromatic N) is 2. The number of fused-ring (bicyclic) bond motifs is 1. The fourth-order valence-corrected chi connectivity index (χ4v) is 6.65. The number of nitriles is 1. The zero-order chi connectivity index (χ0) is 28.9.